The SMILES string of the molecule is CC1CN(C2CCNC2)CC1CO. The van der Waals surface area contributed by atoms with E-state index in [4.69, 9.17) is 5.11 Å². The van der Waals surface area contributed by atoms with Crippen LogP contribution < -0.4 is 5.32 Å². The number of hydrogen-bond acceptors (Lipinski definition) is 3. The molecule has 2 aliphatic rings. The van der Waals surface area contributed by atoms with Crippen molar-refractivity contribution in [2.75, 3.05) is 32.8 Å². The van der Waals surface area contributed by atoms with Gasteiger partial charge < -0.3 is 10.4 Å². The largest absolute Gasteiger partial charge is 0.396 e. The topological polar surface area (TPSA) is 35.5 Å². The molecule has 0 aliphatic carbocycles. The molecule has 2 N–H and O–H groups in total. The molecule has 2 fully saturated rings. The highest BCUT2D eigenvalue weighted by Gasteiger charge is 2.33. The van der Waals surface area contributed by atoms with Crippen LogP contribution in [0.4, 0.5) is 0 Å². The third-order valence-corrected chi connectivity index (χ3v) is 3.58. The van der Waals surface area contributed by atoms with E-state index in [9.17, 15) is 0 Å². The minimum Gasteiger partial charge on any atom is -0.396 e. The number of hydrogen-bond donors (Lipinski definition) is 2. The summed E-state index contributed by atoms with van der Waals surface area (Å²) in [5.41, 5.74) is 0. The monoisotopic (exact) mass is 184 g/mol. The lowest BCUT2D eigenvalue weighted by Gasteiger charge is -2.22. The molecule has 76 valence electrons. The second-order valence-electron chi connectivity index (χ2n) is 4.52. The second kappa shape index (κ2) is 3.95. The van der Waals surface area contributed by atoms with Gasteiger partial charge in [0.2, 0.25) is 0 Å². The van der Waals surface area contributed by atoms with Crippen molar-refractivity contribution in [1.82, 2.24) is 10.2 Å². The molecule has 0 aromatic heterocycles. The zero-order valence-corrected chi connectivity index (χ0v) is 8.37. The van der Waals surface area contributed by atoms with Crippen LogP contribution >= 0.6 is 0 Å². The van der Waals surface area contributed by atoms with Gasteiger partial charge in [0.15, 0.2) is 0 Å². The molecular formula is C10H20N2O. The molecule has 3 atom stereocenters. The van der Waals surface area contributed by atoms with Crippen molar-refractivity contribution in [3.63, 3.8) is 0 Å². The summed E-state index contributed by atoms with van der Waals surface area (Å²) in [5, 5.41) is 12.5. The van der Waals surface area contributed by atoms with Gasteiger partial charge in [-0.3, -0.25) is 4.90 Å². The molecule has 0 spiro atoms. The lowest BCUT2D eigenvalue weighted by molar-refractivity contribution is 0.196. The van der Waals surface area contributed by atoms with Crippen molar-refractivity contribution in [2.45, 2.75) is 19.4 Å². The van der Waals surface area contributed by atoms with Crippen LogP contribution in [-0.2, 0) is 0 Å². The third-order valence-electron chi connectivity index (χ3n) is 3.58. The molecule has 2 saturated heterocycles. The van der Waals surface area contributed by atoms with Gasteiger partial charge in [0, 0.05) is 32.3 Å². The van der Waals surface area contributed by atoms with Gasteiger partial charge in [0.25, 0.3) is 0 Å². The van der Waals surface area contributed by atoms with E-state index in [-0.39, 0.29) is 0 Å². The molecule has 13 heavy (non-hydrogen) atoms. The molecular weight excluding hydrogens is 164 g/mol. The Labute approximate surface area is 80.1 Å². The van der Waals surface area contributed by atoms with Gasteiger partial charge in [-0.1, -0.05) is 6.92 Å². The average Bonchev–Trinajstić information content (AvgIpc) is 2.71. The first kappa shape index (κ1) is 9.44. The van der Waals surface area contributed by atoms with Crippen LogP contribution in [0.15, 0.2) is 0 Å². The molecule has 0 aromatic rings. The zero-order chi connectivity index (χ0) is 9.26. The summed E-state index contributed by atoms with van der Waals surface area (Å²) in [4.78, 5) is 2.55. The number of nitrogens with zero attached hydrogens (tertiary/aromatic N) is 1. The molecule has 3 unspecified atom stereocenters. The normalized spacial score (nSPS) is 41.5. The van der Waals surface area contributed by atoms with Crippen LogP contribution in [0.5, 0.6) is 0 Å². The quantitative estimate of drug-likeness (QED) is 0.629. The molecule has 3 nitrogen and oxygen atoms in total. The Bertz CT molecular complexity index is 168. The first-order valence-electron chi connectivity index (χ1n) is 5.37. The summed E-state index contributed by atoms with van der Waals surface area (Å²) in [7, 11) is 0. The summed E-state index contributed by atoms with van der Waals surface area (Å²) >= 11 is 0. The highest BCUT2D eigenvalue weighted by Crippen LogP contribution is 2.25. The van der Waals surface area contributed by atoms with E-state index in [1.165, 1.54) is 19.5 Å². The smallest absolute Gasteiger partial charge is 0.0474 e. The van der Waals surface area contributed by atoms with Crippen molar-refractivity contribution < 1.29 is 5.11 Å². The minimum absolute atomic E-state index is 0.359. The van der Waals surface area contributed by atoms with Crippen LogP contribution in [0.3, 0.4) is 0 Å². The van der Waals surface area contributed by atoms with Crippen LogP contribution in [0.1, 0.15) is 13.3 Å². The number of nitrogens with one attached hydrogen (secondary N) is 1. The molecule has 0 aromatic carbocycles. The fourth-order valence-electron chi connectivity index (χ4n) is 2.56. The third kappa shape index (κ3) is 1.87. The molecule has 0 bridgehead atoms. The Balaban J connectivity index is 1.88. The van der Waals surface area contributed by atoms with Crippen molar-refractivity contribution in [3.8, 4) is 0 Å². The van der Waals surface area contributed by atoms with Crippen LogP contribution in [0.2, 0.25) is 0 Å². The van der Waals surface area contributed by atoms with E-state index >= 15 is 0 Å². The molecule has 0 radical (unpaired) electrons. The van der Waals surface area contributed by atoms with E-state index in [0.29, 0.717) is 18.4 Å². The van der Waals surface area contributed by atoms with Crippen molar-refractivity contribution in [1.29, 1.82) is 0 Å². The van der Waals surface area contributed by atoms with E-state index in [1.807, 2.05) is 0 Å². The van der Waals surface area contributed by atoms with Gasteiger partial charge in [0.05, 0.1) is 0 Å². The summed E-state index contributed by atoms with van der Waals surface area (Å²) in [6, 6.07) is 0.735. The number of rotatable bonds is 2. The van der Waals surface area contributed by atoms with Gasteiger partial charge in [-0.2, -0.15) is 0 Å². The van der Waals surface area contributed by atoms with E-state index in [2.05, 4.69) is 17.1 Å². The highest BCUT2D eigenvalue weighted by molar-refractivity contribution is 4.88. The standard InChI is InChI=1S/C10H20N2O/c1-8-5-12(6-9(8)7-13)10-2-3-11-4-10/h8-11,13H,2-7H2,1H3. The fraction of sp³-hybridized carbons (Fsp3) is 1.00. The van der Waals surface area contributed by atoms with Crippen molar-refractivity contribution in [2.24, 2.45) is 11.8 Å². The van der Waals surface area contributed by atoms with Crippen LogP contribution in [0.25, 0.3) is 0 Å². The first-order valence-corrected chi connectivity index (χ1v) is 5.37. The van der Waals surface area contributed by atoms with Gasteiger partial charge >= 0.3 is 0 Å². The summed E-state index contributed by atoms with van der Waals surface area (Å²) < 4.78 is 0. The van der Waals surface area contributed by atoms with E-state index in [1.54, 1.807) is 0 Å². The van der Waals surface area contributed by atoms with Crippen LogP contribution in [0, 0.1) is 11.8 Å². The van der Waals surface area contributed by atoms with E-state index < -0.39 is 0 Å². The fourth-order valence-corrected chi connectivity index (χ4v) is 2.56. The number of aliphatic hydroxyl groups is 1. The predicted octanol–water partition coefficient (Wildman–Crippen LogP) is -0.0915. The number of likely N-dealkylation sites (tertiary alicyclic amines) is 1. The summed E-state index contributed by atoms with van der Waals surface area (Å²) in [6.07, 6.45) is 1.28. The van der Waals surface area contributed by atoms with Crippen molar-refractivity contribution in [3.05, 3.63) is 0 Å². The number of aliphatic hydroxyl groups excluding tert-OH is 1. The second-order valence-corrected chi connectivity index (χ2v) is 4.52. The van der Waals surface area contributed by atoms with Gasteiger partial charge in [0.1, 0.15) is 0 Å². The lowest BCUT2D eigenvalue weighted by Crippen LogP contribution is -2.35. The minimum atomic E-state index is 0.359. The lowest BCUT2D eigenvalue weighted by atomic mass is 10.00. The zero-order valence-electron chi connectivity index (χ0n) is 8.37. The maximum atomic E-state index is 9.15. The van der Waals surface area contributed by atoms with E-state index in [0.717, 1.165) is 19.1 Å². The van der Waals surface area contributed by atoms with Gasteiger partial charge in [-0.05, 0) is 24.8 Å². The van der Waals surface area contributed by atoms with Gasteiger partial charge in [-0.15, -0.1) is 0 Å². The molecule has 2 heterocycles. The highest BCUT2D eigenvalue weighted by atomic mass is 16.3. The Hall–Kier alpha value is -0.120. The maximum Gasteiger partial charge on any atom is 0.0474 e. The Morgan fingerprint density at radius 1 is 1.46 bits per heavy atom. The molecule has 3 heteroatoms. The Kier molecular flexibility index (Phi) is 2.86. The molecule has 2 rings (SSSR count). The maximum absolute atomic E-state index is 9.15. The van der Waals surface area contributed by atoms with Crippen LogP contribution in [-0.4, -0.2) is 48.8 Å². The Morgan fingerprint density at radius 3 is 2.85 bits per heavy atom. The summed E-state index contributed by atoms with van der Waals surface area (Å²) in [6.45, 7) is 7.20. The Morgan fingerprint density at radius 2 is 2.31 bits per heavy atom. The molecule has 0 amide bonds. The summed E-state index contributed by atoms with van der Waals surface area (Å²) in [5.74, 6) is 1.19. The van der Waals surface area contributed by atoms with Gasteiger partial charge in [-0.25, -0.2) is 0 Å². The van der Waals surface area contributed by atoms with Crippen molar-refractivity contribution >= 4 is 0 Å². The average molecular weight is 184 g/mol. The molecule has 0 saturated carbocycles. The first-order chi connectivity index (χ1) is 6.31. The predicted molar refractivity (Wildman–Crippen MR) is 52.6 cm³/mol. The molecule has 2 aliphatic heterocycles.